The monoisotopic (exact) mass is 1070 g/mol. The summed E-state index contributed by atoms with van der Waals surface area (Å²) in [5.74, 6) is -8.46. The van der Waals surface area contributed by atoms with Gasteiger partial charge >= 0.3 is 17.8 Å². The minimum atomic E-state index is -2.05. The van der Waals surface area contributed by atoms with Gasteiger partial charge in [-0.15, -0.1) is 0 Å². The summed E-state index contributed by atoms with van der Waals surface area (Å²) >= 11 is 0. The smallest absolute Gasteiger partial charge is 0.407 e. The number of carbonyl (C=O) groups is 6. The molecule has 1 spiro atoms. The predicted molar refractivity (Wildman–Crippen MR) is 285 cm³/mol. The van der Waals surface area contributed by atoms with Crippen LogP contribution in [-0.2, 0) is 33.3 Å². The molecule has 8 rings (SSSR count). The van der Waals surface area contributed by atoms with Crippen molar-refractivity contribution < 1.29 is 67.8 Å². The van der Waals surface area contributed by atoms with Gasteiger partial charge in [0.15, 0.2) is 0 Å². The number of aromatic hydroxyl groups is 1. The van der Waals surface area contributed by atoms with Crippen LogP contribution in [0.1, 0.15) is 140 Å². The molecule has 9 atom stereocenters. The van der Waals surface area contributed by atoms with Gasteiger partial charge in [-0.2, -0.15) is 0 Å². The molecule has 422 valence electrons. The highest BCUT2D eigenvalue weighted by atomic mass is 16.7. The van der Waals surface area contributed by atoms with Crippen molar-refractivity contribution in [2.45, 2.75) is 163 Å². The lowest BCUT2D eigenvalue weighted by Gasteiger charge is -2.38. The molecule has 1 aliphatic carbocycles. The molecule has 6 aliphatic heterocycles. The number of hydrogen-bond donors (Lipinski definition) is 6. The van der Waals surface area contributed by atoms with E-state index in [0.717, 1.165) is 6.54 Å². The highest BCUT2D eigenvalue weighted by Gasteiger charge is 2.54. The van der Waals surface area contributed by atoms with E-state index in [1.54, 1.807) is 67.5 Å². The minimum absolute atomic E-state index is 0.0124. The molecule has 5 bridgehead atoms. The second-order valence-corrected chi connectivity index (χ2v) is 23.4. The number of phenolic OH excluding ortho intramolecular Hbond substituents is 1. The highest BCUT2D eigenvalue weighted by molar-refractivity contribution is 6.34. The van der Waals surface area contributed by atoms with E-state index in [1.807, 2.05) is 0 Å². The van der Waals surface area contributed by atoms with Gasteiger partial charge in [0.25, 0.3) is 11.7 Å². The molecule has 3 amide bonds. The third-order valence-corrected chi connectivity index (χ3v) is 15.8. The van der Waals surface area contributed by atoms with Gasteiger partial charge in [-0.05, 0) is 59.5 Å². The van der Waals surface area contributed by atoms with Crippen molar-refractivity contribution in [3.63, 3.8) is 0 Å². The lowest BCUT2D eigenvalue weighted by atomic mass is 9.78. The van der Waals surface area contributed by atoms with Crippen LogP contribution in [-0.4, -0.2) is 154 Å². The summed E-state index contributed by atoms with van der Waals surface area (Å²) in [6, 6.07) is -0.224. The molecule has 7 aliphatic rings. The zero-order valence-corrected chi connectivity index (χ0v) is 46.9. The Balaban J connectivity index is 1.21. The lowest BCUT2D eigenvalue weighted by molar-refractivity contribution is -0.165. The zero-order chi connectivity index (χ0) is 56.6. The molecule has 0 aromatic heterocycles. The Kier molecular flexibility index (Phi) is 17.6. The molecule has 0 unspecified atom stereocenters. The summed E-state index contributed by atoms with van der Waals surface area (Å²) in [7, 11) is 1.42. The molecule has 0 radical (unpaired) electrons. The molecule has 6 heterocycles. The summed E-state index contributed by atoms with van der Waals surface area (Å²) in [5, 5.41) is 44.8. The third kappa shape index (κ3) is 12.5. The number of aliphatic hydroxyl groups is 2. The second-order valence-electron chi connectivity index (χ2n) is 23.4. The van der Waals surface area contributed by atoms with Gasteiger partial charge < -0.3 is 64.8 Å². The van der Waals surface area contributed by atoms with E-state index >= 15 is 0 Å². The summed E-state index contributed by atoms with van der Waals surface area (Å²) in [5.41, 5.74) is -1.19. The molecule has 1 aromatic carbocycles. The van der Waals surface area contributed by atoms with Gasteiger partial charge in [-0.3, -0.25) is 29.0 Å². The fourth-order valence-electron chi connectivity index (χ4n) is 11.3. The molecule has 1 aromatic rings. The number of ether oxygens (including phenoxy) is 5. The van der Waals surface area contributed by atoms with Crippen molar-refractivity contribution in [2.75, 3.05) is 39.8 Å². The van der Waals surface area contributed by atoms with Crippen LogP contribution in [0.4, 0.5) is 4.79 Å². The average molecular weight is 1070 g/mol. The Morgan fingerprint density at radius 3 is 2.21 bits per heavy atom. The number of amides is 3. The number of allylic oxidation sites excluding steroid dienone is 4. The molecular formula is C57H80N6O14. The van der Waals surface area contributed by atoms with E-state index in [2.05, 4.69) is 34.7 Å². The number of nitrogens with one attached hydrogen (secondary N) is 3. The van der Waals surface area contributed by atoms with Crippen LogP contribution in [0.5, 0.6) is 11.5 Å². The molecule has 77 heavy (non-hydrogen) atoms. The van der Waals surface area contributed by atoms with Crippen LogP contribution >= 0.6 is 0 Å². The summed E-state index contributed by atoms with van der Waals surface area (Å²) in [4.78, 5) is 92.9. The number of rotatable bonds is 7. The maximum absolute atomic E-state index is 15.0. The van der Waals surface area contributed by atoms with Crippen molar-refractivity contribution in [3.05, 3.63) is 69.8 Å². The Morgan fingerprint density at radius 1 is 0.922 bits per heavy atom. The average Bonchev–Trinajstić information content (AvgIpc) is 3.89. The number of Topliss-reactive ketones (excluding diaryl/α,β-unsaturated/α-hetero) is 2. The van der Waals surface area contributed by atoms with Gasteiger partial charge in [-0.1, -0.05) is 59.8 Å². The molecule has 2 fully saturated rings. The number of phenols is 1. The summed E-state index contributed by atoms with van der Waals surface area (Å²) < 4.78 is 30.0. The maximum atomic E-state index is 15.0. The molecule has 20 nitrogen and oxygen atoms in total. The topological polar surface area (TPSA) is 264 Å². The number of alkyl carbamates (subject to hydrolysis) is 1. The first-order valence-electron chi connectivity index (χ1n) is 27.0. The van der Waals surface area contributed by atoms with Crippen LogP contribution in [0.25, 0.3) is 0 Å². The lowest BCUT2D eigenvalue weighted by Crippen LogP contribution is -2.50. The summed E-state index contributed by atoms with van der Waals surface area (Å²) in [6.07, 6.45) is 3.88. The van der Waals surface area contributed by atoms with Crippen LogP contribution < -0.4 is 20.7 Å². The first-order chi connectivity index (χ1) is 36.1. The van der Waals surface area contributed by atoms with E-state index in [1.165, 1.54) is 44.3 Å². The predicted octanol–water partition coefficient (Wildman–Crippen LogP) is 5.50. The van der Waals surface area contributed by atoms with Gasteiger partial charge in [0, 0.05) is 106 Å². The third-order valence-electron chi connectivity index (χ3n) is 15.8. The fraction of sp³-hybridized carbons (Fsp3) is 0.632. The first kappa shape index (κ1) is 58.6. The molecule has 20 heteroatoms. The number of fused-ring (bicyclic) bond motifs is 13. The first-order valence-corrected chi connectivity index (χ1v) is 27.0. The van der Waals surface area contributed by atoms with E-state index in [4.69, 9.17) is 28.7 Å². The van der Waals surface area contributed by atoms with Gasteiger partial charge in [0.2, 0.25) is 11.7 Å². The number of hydrogen-bond acceptors (Lipinski definition) is 17. The molecule has 2 saturated heterocycles. The zero-order valence-electron chi connectivity index (χ0n) is 46.9. The molecule has 0 saturated carbocycles. The van der Waals surface area contributed by atoms with Gasteiger partial charge in [0.05, 0.1) is 47.1 Å². The number of aliphatic hydroxyl groups excluding tert-OH is 2. The van der Waals surface area contributed by atoms with Crippen molar-refractivity contribution in [2.24, 2.45) is 34.6 Å². The summed E-state index contributed by atoms with van der Waals surface area (Å²) in [6.45, 7) is 23.7. The van der Waals surface area contributed by atoms with Crippen molar-refractivity contribution >= 4 is 41.2 Å². The van der Waals surface area contributed by atoms with E-state index in [-0.39, 0.29) is 69.8 Å². The van der Waals surface area contributed by atoms with Crippen LogP contribution in [0.15, 0.2) is 52.5 Å². The van der Waals surface area contributed by atoms with Crippen molar-refractivity contribution in [1.82, 2.24) is 25.8 Å². The standard InChI is InChI=1S/C57H80N6O14/c1-29(2)28-62-24-20-57(21-25-62)60-43-40-41-48(68)35(8)51-42(40)52(70)56(12,76-51)74-26-19-37(73-13)32(5)50(75-39(65)27-38(64)63-22-17-36(18-23-63)58-54(72)77-55(9,10)11)34(7)47(67)33(6)46(66)30(3)15-14-16-31(4)53(71)59-45(49(41)69)44(43)61-57/h14-16,19,26,29-30,32-34,36-37,46-47,50,61,66-68H,17-18,20-25,27-28H2,1-13H3,(H,58,72)(H,59,71)/b15-14+,26-19+,31-16-/t30-,32+,33+,34+,37-,46-,47+,50+,56-/m0/s1. The largest absolute Gasteiger partial charge is 0.507 e. The Bertz CT molecular complexity index is 2650. The molecular weight excluding hydrogens is 993 g/mol. The van der Waals surface area contributed by atoms with Crippen molar-refractivity contribution in [1.29, 1.82) is 0 Å². The number of carbonyl (C=O) groups excluding carboxylic acids is 6. The van der Waals surface area contributed by atoms with Crippen LogP contribution in [0.3, 0.4) is 0 Å². The number of esters is 1. The number of methoxy groups -OCH3 is 1. The van der Waals surface area contributed by atoms with Crippen molar-refractivity contribution in [3.8, 4) is 11.5 Å². The van der Waals surface area contributed by atoms with E-state index in [0.29, 0.717) is 44.7 Å². The SMILES string of the molecule is CO[C@H]1/C=C/O[C@@]2(C)Oc3c(C)c(O)c4c(c3C2=O)C2=NC3(CCN(CC(C)C)CC3)NC2=C(NC(=O)/C(C)=C\C=C\[C@H](C)[C@H](O)[C@@H](C)[C@@H](O)[C@@H](C)[C@H](OC(=O)CC(=O)N2CCC(NC(=O)OC(C)(C)C)CC2)[C@@H]1C)C4=O. The number of ketones is 2. The number of nitrogens with zero attached hydrogens (tertiary/aromatic N) is 3. The van der Waals surface area contributed by atoms with Crippen LogP contribution in [0, 0.1) is 36.5 Å². The Hall–Kier alpha value is -6.09. The number of aliphatic imine (C=N–C) groups is 1. The quantitative estimate of drug-likeness (QED) is 0.145. The Labute approximate surface area is 451 Å². The van der Waals surface area contributed by atoms with Crippen LogP contribution in [0.2, 0.25) is 0 Å². The maximum Gasteiger partial charge on any atom is 0.407 e. The second kappa shape index (κ2) is 23.1. The minimum Gasteiger partial charge on any atom is -0.507 e. The highest BCUT2D eigenvalue weighted by Crippen LogP contribution is 2.50. The van der Waals surface area contributed by atoms with Gasteiger partial charge in [-0.25, -0.2) is 4.79 Å². The van der Waals surface area contributed by atoms with Gasteiger partial charge in [0.1, 0.15) is 41.0 Å². The van der Waals surface area contributed by atoms with E-state index in [9.17, 15) is 44.1 Å². The molecule has 6 N–H and O–H groups in total. The Morgan fingerprint density at radius 2 is 1.58 bits per heavy atom. The fourth-order valence-corrected chi connectivity index (χ4v) is 11.3. The number of benzene rings is 1. The normalized spacial score (nSPS) is 30.8. The number of likely N-dealkylation sites (tertiary alicyclic amines) is 2. The number of piperidine rings is 2. The van der Waals surface area contributed by atoms with E-state index < -0.39 is 113 Å².